The van der Waals surface area contributed by atoms with E-state index in [4.69, 9.17) is 0 Å². The Morgan fingerprint density at radius 2 is 1.80 bits per heavy atom. The molecule has 4 aliphatic rings. The van der Waals surface area contributed by atoms with Crippen LogP contribution in [0.3, 0.4) is 0 Å². The Kier molecular flexibility index (Phi) is 6.50. The van der Waals surface area contributed by atoms with Crippen LogP contribution >= 0.6 is 0 Å². The van der Waals surface area contributed by atoms with Gasteiger partial charge in [-0.05, 0) is 117 Å². The molecule has 0 heterocycles. The lowest BCUT2D eigenvalue weighted by Crippen LogP contribution is -2.48. The van der Waals surface area contributed by atoms with Crippen LogP contribution in [0.1, 0.15) is 105 Å². The maximum atomic E-state index is 11.0. The molecule has 0 aromatic rings. The molecular weight excluding hydrogens is 368 g/mol. The fourth-order valence-corrected chi connectivity index (χ4v) is 8.61. The van der Waals surface area contributed by atoms with E-state index in [0.717, 1.165) is 55.8 Å². The third-order valence-corrected chi connectivity index (χ3v) is 10.6. The predicted octanol–water partition coefficient (Wildman–Crippen LogP) is 6.75. The van der Waals surface area contributed by atoms with E-state index in [1.165, 1.54) is 38.5 Å². The molecule has 4 aliphatic carbocycles. The van der Waals surface area contributed by atoms with Crippen LogP contribution < -0.4 is 0 Å². The molecule has 0 amide bonds. The van der Waals surface area contributed by atoms with Crippen molar-refractivity contribution in [2.24, 2.45) is 46.8 Å². The molecule has 0 radical (unpaired) electrons. The van der Waals surface area contributed by atoms with Gasteiger partial charge in [0, 0.05) is 0 Å². The van der Waals surface area contributed by atoms with Crippen LogP contribution in [0.2, 0.25) is 0 Å². The highest BCUT2D eigenvalue weighted by Crippen LogP contribution is 2.65. The molecule has 3 fully saturated rings. The van der Waals surface area contributed by atoms with E-state index in [2.05, 4.69) is 40.7 Å². The highest BCUT2D eigenvalue weighted by Gasteiger charge is 2.57. The van der Waals surface area contributed by atoms with Gasteiger partial charge in [0.05, 0.1) is 11.7 Å². The highest BCUT2D eigenvalue weighted by atomic mass is 16.3. The minimum Gasteiger partial charge on any atom is -0.393 e. The van der Waals surface area contributed by atoms with Gasteiger partial charge in [-0.25, -0.2) is 0 Å². The minimum atomic E-state index is -0.432. The van der Waals surface area contributed by atoms with Crippen molar-refractivity contribution in [1.82, 2.24) is 0 Å². The number of hydrogen-bond donors (Lipinski definition) is 2. The van der Waals surface area contributed by atoms with Crippen molar-refractivity contribution in [3.05, 3.63) is 11.6 Å². The normalized spacial score (nSPS) is 45.3. The van der Waals surface area contributed by atoms with Crippen LogP contribution in [0.5, 0.6) is 0 Å². The van der Waals surface area contributed by atoms with Crippen LogP contribution in [0.15, 0.2) is 11.6 Å². The summed E-state index contributed by atoms with van der Waals surface area (Å²) in [5, 5.41) is 21.8. The smallest absolute Gasteiger partial charge is 0.0682 e. The molecule has 0 aliphatic heterocycles. The van der Waals surface area contributed by atoms with Crippen molar-refractivity contribution in [3.63, 3.8) is 0 Å². The summed E-state index contributed by atoms with van der Waals surface area (Å²) in [5.74, 6) is 5.07. The SMILES string of the molecule is CC[C@]1(O)CC[C@H]2C(=CC[C@@H]3[C@@H]2CC[C@]2(C)[C@@H]([C@H](C)[C@@H](O)CCC(C)C)CC[C@@H]32)C1. The summed E-state index contributed by atoms with van der Waals surface area (Å²) in [6.45, 7) is 11.6. The van der Waals surface area contributed by atoms with Gasteiger partial charge in [0.15, 0.2) is 0 Å². The Morgan fingerprint density at radius 1 is 1.03 bits per heavy atom. The second-order valence-electron chi connectivity index (χ2n) is 12.5. The average Bonchev–Trinajstić information content (AvgIpc) is 3.08. The standard InChI is InChI=1S/C28H48O2/c1-6-28(30)16-14-21-20(17-28)8-9-23-22(21)13-15-27(5)24(10-11-25(23)27)19(4)26(29)12-7-18(2)3/h8,18-19,21-26,29-30H,6-7,9-17H2,1-5H3/t19-,21-,22+,23+,24+,25-,26-,27+,28-/m0/s1. The van der Waals surface area contributed by atoms with Gasteiger partial charge < -0.3 is 10.2 Å². The maximum Gasteiger partial charge on any atom is 0.0682 e. The van der Waals surface area contributed by atoms with Gasteiger partial charge >= 0.3 is 0 Å². The third-order valence-electron chi connectivity index (χ3n) is 10.6. The molecule has 0 aromatic carbocycles. The van der Waals surface area contributed by atoms with Gasteiger partial charge in [-0.3, -0.25) is 0 Å². The lowest BCUT2D eigenvalue weighted by molar-refractivity contribution is -0.0569. The Labute approximate surface area is 185 Å². The van der Waals surface area contributed by atoms with E-state index in [1.807, 2.05) is 0 Å². The Morgan fingerprint density at radius 3 is 2.50 bits per heavy atom. The van der Waals surface area contributed by atoms with Crippen molar-refractivity contribution < 1.29 is 10.2 Å². The molecule has 2 N–H and O–H groups in total. The fourth-order valence-electron chi connectivity index (χ4n) is 8.61. The summed E-state index contributed by atoms with van der Waals surface area (Å²) in [4.78, 5) is 0. The fraction of sp³-hybridized carbons (Fsp3) is 0.929. The molecule has 172 valence electrons. The van der Waals surface area contributed by atoms with E-state index < -0.39 is 5.60 Å². The molecule has 3 saturated carbocycles. The molecule has 9 atom stereocenters. The summed E-state index contributed by atoms with van der Waals surface area (Å²) in [6.07, 6.45) is 15.2. The minimum absolute atomic E-state index is 0.131. The van der Waals surface area contributed by atoms with Gasteiger partial charge in [-0.1, -0.05) is 46.3 Å². The van der Waals surface area contributed by atoms with Crippen LogP contribution in [-0.4, -0.2) is 21.9 Å². The molecule has 2 heteroatoms. The molecule has 0 aromatic heterocycles. The first kappa shape index (κ1) is 22.8. The van der Waals surface area contributed by atoms with E-state index in [0.29, 0.717) is 23.2 Å². The Bertz CT molecular complexity index is 639. The quantitative estimate of drug-likeness (QED) is 0.470. The van der Waals surface area contributed by atoms with E-state index in [1.54, 1.807) is 5.57 Å². The van der Waals surface area contributed by atoms with E-state index in [9.17, 15) is 10.2 Å². The van der Waals surface area contributed by atoms with Crippen LogP contribution in [0.25, 0.3) is 0 Å². The second-order valence-corrected chi connectivity index (χ2v) is 12.5. The highest BCUT2D eigenvalue weighted by molar-refractivity contribution is 5.22. The lowest BCUT2D eigenvalue weighted by atomic mass is 9.50. The van der Waals surface area contributed by atoms with Crippen molar-refractivity contribution in [2.45, 2.75) is 117 Å². The van der Waals surface area contributed by atoms with Crippen molar-refractivity contribution in [3.8, 4) is 0 Å². The second kappa shape index (κ2) is 8.54. The zero-order chi connectivity index (χ0) is 21.7. The topological polar surface area (TPSA) is 40.5 Å². The number of rotatable bonds is 6. The summed E-state index contributed by atoms with van der Waals surface area (Å²) in [7, 11) is 0. The van der Waals surface area contributed by atoms with Crippen molar-refractivity contribution >= 4 is 0 Å². The largest absolute Gasteiger partial charge is 0.393 e. The number of aliphatic hydroxyl groups is 2. The first-order valence-electron chi connectivity index (χ1n) is 13.3. The van der Waals surface area contributed by atoms with Gasteiger partial charge in [0.2, 0.25) is 0 Å². The van der Waals surface area contributed by atoms with Crippen LogP contribution in [0, 0.1) is 46.8 Å². The first-order chi connectivity index (χ1) is 14.2. The molecule has 30 heavy (non-hydrogen) atoms. The zero-order valence-electron chi connectivity index (χ0n) is 20.4. The van der Waals surface area contributed by atoms with E-state index in [-0.39, 0.29) is 6.10 Å². The summed E-state index contributed by atoms with van der Waals surface area (Å²) in [6, 6.07) is 0. The van der Waals surface area contributed by atoms with Crippen LogP contribution in [-0.2, 0) is 0 Å². The summed E-state index contributed by atoms with van der Waals surface area (Å²) >= 11 is 0. The van der Waals surface area contributed by atoms with E-state index >= 15 is 0 Å². The number of hydrogen-bond acceptors (Lipinski definition) is 2. The Balaban J connectivity index is 1.47. The first-order valence-corrected chi connectivity index (χ1v) is 13.3. The van der Waals surface area contributed by atoms with Gasteiger partial charge in [-0.15, -0.1) is 0 Å². The molecule has 0 spiro atoms. The average molecular weight is 417 g/mol. The van der Waals surface area contributed by atoms with Gasteiger partial charge in [0.25, 0.3) is 0 Å². The molecule has 0 bridgehead atoms. The van der Waals surface area contributed by atoms with Crippen LogP contribution in [0.4, 0.5) is 0 Å². The Hall–Kier alpha value is -0.340. The number of aliphatic hydroxyl groups excluding tert-OH is 1. The molecule has 0 saturated heterocycles. The van der Waals surface area contributed by atoms with Gasteiger partial charge in [0.1, 0.15) is 0 Å². The molecule has 2 nitrogen and oxygen atoms in total. The van der Waals surface area contributed by atoms with Crippen molar-refractivity contribution in [2.75, 3.05) is 0 Å². The number of fused-ring (bicyclic) bond motifs is 5. The van der Waals surface area contributed by atoms with Gasteiger partial charge in [-0.2, -0.15) is 0 Å². The lowest BCUT2D eigenvalue weighted by Gasteiger charge is -2.55. The zero-order valence-corrected chi connectivity index (χ0v) is 20.4. The maximum absolute atomic E-state index is 11.0. The third kappa shape index (κ3) is 3.94. The summed E-state index contributed by atoms with van der Waals surface area (Å²) in [5.41, 5.74) is 1.59. The predicted molar refractivity (Wildman–Crippen MR) is 125 cm³/mol. The monoisotopic (exact) mass is 416 g/mol. The molecule has 0 unspecified atom stereocenters. The summed E-state index contributed by atoms with van der Waals surface area (Å²) < 4.78 is 0. The molecule has 4 rings (SSSR count). The molecular formula is C28H48O2. The number of allylic oxidation sites excluding steroid dienone is 1. The van der Waals surface area contributed by atoms with Crippen molar-refractivity contribution in [1.29, 1.82) is 0 Å².